The van der Waals surface area contributed by atoms with E-state index < -0.39 is 5.60 Å². The normalized spacial score (nSPS) is 27.7. The van der Waals surface area contributed by atoms with E-state index in [0.717, 1.165) is 32.7 Å². The lowest BCUT2D eigenvalue weighted by atomic mass is 9.77. The molecule has 0 radical (unpaired) electrons. The van der Waals surface area contributed by atoms with Crippen molar-refractivity contribution in [2.24, 2.45) is 5.92 Å². The second-order valence-electron chi connectivity index (χ2n) is 5.77. The van der Waals surface area contributed by atoms with Gasteiger partial charge in [0.05, 0.1) is 5.60 Å². The topological polar surface area (TPSA) is 35.5 Å². The van der Waals surface area contributed by atoms with Gasteiger partial charge in [-0.15, -0.1) is 0 Å². The van der Waals surface area contributed by atoms with E-state index in [9.17, 15) is 5.11 Å². The molecule has 1 unspecified atom stereocenters. The van der Waals surface area contributed by atoms with Crippen molar-refractivity contribution >= 4 is 0 Å². The lowest BCUT2D eigenvalue weighted by Crippen LogP contribution is -2.66. The van der Waals surface area contributed by atoms with Gasteiger partial charge in [0, 0.05) is 32.1 Å². The van der Waals surface area contributed by atoms with Crippen molar-refractivity contribution in [1.29, 1.82) is 0 Å². The van der Waals surface area contributed by atoms with Crippen LogP contribution in [-0.4, -0.2) is 41.8 Å². The van der Waals surface area contributed by atoms with Gasteiger partial charge in [0.1, 0.15) is 0 Å². The van der Waals surface area contributed by atoms with Crippen molar-refractivity contribution < 1.29 is 5.11 Å². The van der Waals surface area contributed by atoms with Crippen LogP contribution in [0.2, 0.25) is 0 Å². The predicted octanol–water partition coefficient (Wildman–Crippen LogP) is 1.23. The number of likely N-dealkylation sites (tertiary alicyclic amines) is 1. The third-order valence-electron chi connectivity index (χ3n) is 4.38. The Morgan fingerprint density at radius 3 is 2.72 bits per heavy atom. The Labute approximate surface area is 109 Å². The summed E-state index contributed by atoms with van der Waals surface area (Å²) < 4.78 is 0. The second kappa shape index (κ2) is 5.00. The summed E-state index contributed by atoms with van der Waals surface area (Å²) in [5.41, 5.74) is 0.937. The number of benzene rings is 1. The van der Waals surface area contributed by atoms with E-state index in [1.165, 1.54) is 18.4 Å². The van der Waals surface area contributed by atoms with Crippen molar-refractivity contribution in [2.75, 3.05) is 26.2 Å². The molecule has 1 atom stereocenters. The zero-order valence-electron chi connectivity index (χ0n) is 10.8. The van der Waals surface area contributed by atoms with Crippen LogP contribution in [0, 0.1) is 5.92 Å². The third kappa shape index (κ3) is 2.44. The number of β-amino-alcohol motifs (C(OH)–C–C–N with tert-alkyl or cyclic N) is 1. The third-order valence-corrected chi connectivity index (χ3v) is 4.38. The fourth-order valence-corrected chi connectivity index (χ4v) is 3.15. The van der Waals surface area contributed by atoms with Gasteiger partial charge in [0.2, 0.25) is 0 Å². The largest absolute Gasteiger partial charge is 0.387 e. The van der Waals surface area contributed by atoms with Gasteiger partial charge < -0.3 is 10.4 Å². The van der Waals surface area contributed by atoms with Gasteiger partial charge in [0.25, 0.3) is 0 Å². The molecule has 2 fully saturated rings. The van der Waals surface area contributed by atoms with Crippen LogP contribution in [0.1, 0.15) is 18.4 Å². The second-order valence-corrected chi connectivity index (χ2v) is 5.77. The Morgan fingerprint density at radius 2 is 2.06 bits per heavy atom. The maximum Gasteiger partial charge on any atom is 0.0935 e. The van der Waals surface area contributed by atoms with Crippen LogP contribution in [-0.2, 0) is 6.54 Å². The Balaban J connectivity index is 1.60. The van der Waals surface area contributed by atoms with E-state index in [1.54, 1.807) is 0 Å². The zero-order chi connectivity index (χ0) is 12.4. The maximum absolute atomic E-state index is 10.4. The predicted molar refractivity (Wildman–Crippen MR) is 72.3 cm³/mol. The molecule has 3 nitrogen and oxygen atoms in total. The van der Waals surface area contributed by atoms with Crippen LogP contribution in [0.5, 0.6) is 0 Å². The number of aliphatic hydroxyl groups is 1. The Hall–Kier alpha value is -0.900. The first kappa shape index (κ1) is 12.2. The van der Waals surface area contributed by atoms with Gasteiger partial charge in [-0.05, 0) is 24.9 Å². The van der Waals surface area contributed by atoms with Gasteiger partial charge in [-0.1, -0.05) is 30.3 Å². The quantitative estimate of drug-likeness (QED) is 0.842. The van der Waals surface area contributed by atoms with Gasteiger partial charge in [-0.25, -0.2) is 0 Å². The molecular formula is C15H22N2O. The molecule has 2 aliphatic rings. The highest BCUT2D eigenvalue weighted by Gasteiger charge is 2.43. The Kier molecular flexibility index (Phi) is 3.37. The molecule has 2 N–H and O–H groups in total. The highest BCUT2D eigenvalue weighted by Crippen LogP contribution is 2.30. The summed E-state index contributed by atoms with van der Waals surface area (Å²) in [6.07, 6.45) is 2.38. The molecule has 18 heavy (non-hydrogen) atoms. The van der Waals surface area contributed by atoms with Gasteiger partial charge in [-0.3, -0.25) is 4.90 Å². The molecule has 0 aromatic heterocycles. The molecular weight excluding hydrogens is 224 g/mol. The lowest BCUT2D eigenvalue weighted by molar-refractivity contribution is -0.0842. The number of piperidine rings is 1. The van der Waals surface area contributed by atoms with Crippen LogP contribution < -0.4 is 5.32 Å². The number of hydrogen-bond acceptors (Lipinski definition) is 3. The van der Waals surface area contributed by atoms with Crippen LogP contribution >= 0.6 is 0 Å². The van der Waals surface area contributed by atoms with Gasteiger partial charge in [0.15, 0.2) is 0 Å². The molecule has 0 spiro atoms. The molecule has 2 saturated heterocycles. The minimum Gasteiger partial charge on any atom is -0.387 e. The molecule has 2 aliphatic heterocycles. The highest BCUT2D eigenvalue weighted by atomic mass is 16.3. The summed E-state index contributed by atoms with van der Waals surface area (Å²) in [6, 6.07) is 10.6. The first-order chi connectivity index (χ1) is 8.76. The van der Waals surface area contributed by atoms with E-state index in [0.29, 0.717) is 5.92 Å². The monoisotopic (exact) mass is 246 g/mol. The van der Waals surface area contributed by atoms with Crippen LogP contribution in [0.4, 0.5) is 0 Å². The van der Waals surface area contributed by atoms with E-state index >= 15 is 0 Å². The highest BCUT2D eigenvalue weighted by molar-refractivity contribution is 5.14. The average molecular weight is 246 g/mol. The summed E-state index contributed by atoms with van der Waals surface area (Å²) >= 11 is 0. The molecule has 3 rings (SSSR count). The fraction of sp³-hybridized carbons (Fsp3) is 0.600. The molecule has 2 heterocycles. The Morgan fingerprint density at radius 1 is 1.28 bits per heavy atom. The minimum atomic E-state index is -0.435. The minimum absolute atomic E-state index is 0.435. The molecule has 3 heteroatoms. The Bertz CT molecular complexity index is 389. The van der Waals surface area contributed by atoms with Crippen molar-refractivity contribution in [3.63, 3.8) is 0 Å². The number of nitrogens with one attached hydrogen (secondary N) is 1. The molecule has 0 aliphatic carbocycles. The van der Waals surface area contributed by atoms with Gasteiger partial charge in [-0.2, -0.15) is 0 Å². The molecule has 98 valence electrons. The first-order valence-electron chi connectivity index (χ1n) is 6.96. The van der Waals surface area contributed by atoms with Crippen molar-refractivity contribution in [2.45, 2.75) is 25.0 Å². The van der Waals surface area contributed by atoms with E-state index in [-0.39, 0.29) is 0 Å². The number of hydrogen-bond donors (Lipinski definition) is 2. The summed E-state index contributed by atoms with van der Waals surface area (Å²) in [7, 11) is 0. The van der Waals surface area contributed by atoms with Gasteiger partial charge >= 0.3 is 0 Å². The zero-order valence-corrected chi connectivity index (χ0v) is 10.8. The SMILES string of the molecule is OC1(C2CCCN(Cc3ccccc3)C2)CNC1. The molecule has 0 bridgehead atoms. The number of nitrogens with zero attached hydrogens (tertiary/aromatic N) is 1. The fourth-order valence-electron chi connectivity index (χ4n) is 3.15. The summed E-state index contributed by atoms with van der Waals surface area (Å²) in [5.74, 6) is 0.441. The lowest BCUT2D eigenvalue weighted by Gasteiger charge is -2.47. The van der Waals surface area contributed by atoms with Crippen LogP contribution in [0.3, 0.4) is 0 Å². The van der Waals surface area contributed by atoms with E-state index in [2.05, 4.69) is 40.5 Å². The molecule has 1 aromatic rings. The van der Waals surface area contributed by atoms with Crippen molar-refractivity contribution in [1.82, 2.24) is 10.2 Å². The first-order valence-corrected chi connectivity index (χ1v) is 6.96. The summed E-state index contributed by atoms with van der Waals surface area (Å²) in [6.45, 7) is 4.76. The molecule has 1 aromatic carbocycles. The van der Waals surface area contributed by atoms with E-state index in [1.807, 2.05) is 0 Å². The molecule has 0 saturated carbocycles. The van der Waals surface area contributed by atoms with Crippen LogP contribution in [0.25, 0.3) is 0 Å². The molecule has 0 amide bonds. The maximum atomic E-state index is 10.4. The summed E-state index contributed by atoms with van der Waals surface area (Å²) in [4.78, 5) is 2.49. The van der Waals surface area contributed by atoms with E-state index in [4.69, 9.17) is 0 Å². The average Bonchev–Trinajstić information content (AvgIpc) is 2.37. The number of rotatable bonds is 3. The smallest absolute Gasteiger partial charge is 0.0935 e. The van der Waals surface area contributed by atoms with Crippen molar-refractivity contribution in [3.8, 4) is 0 Å². The van der Waals surface area contributed by atoms with Crippen molar-refractivity contribution in [3.05, 3.63) is 35.9 Å². The standard InChI is InChI=1S/C15H22N2O/c18-15(11-16-12-15)14-7-4-8-17(10-14)9-13-5-2-1-3-6-13/h1-3,5-6,14,16,18H,4,7-12H2. The van der Waals surface area contributed by atoms with Crippen LogP contribution in [0.15, 0.2) is 30.3 Å². The summed E-state index contributed by atoms with van der Waals surface area (Å²) in [5, 5.41) is 13.6.